The van der Waals surface area contributed by atoms with Crippen molar-refractivity contribution < 1.29 is 22.5 Å². The fourth-order valence-corrected chi connectivity index (χ4v) is 2.01. The van der Waals surface area contributed by atoms with E-state index < -0.39 is 12.1 Å². The average molecular weight is 325 g/mol. The van der Waals surface area contributed by atoms with Crippen molar-refractivity contribution >= 4 is 5.91 Å². The van der Waals surface area contributed by atoms with Gasteiger partial charge in [0, 0.05) is 12.5 Å². The molecule has 0 aliphatic heterocycles. The molecule has 1 unspecified atom stereocenters. The number of rotatable bonds is 5. The molecule has 0 saturated carbocycles. The van der Waals surface area contributed by atoms with Crippen LogP contribution in [-0.4, -0.2) is 16.0 Å². The smallest absolute Gasteiger partial charge is 0.349 e. The molecule has 1 amide bonds. The first-order valence-corrected chi connectivity index (χ1v) is 6.70. The number of aromatic nitrogens is 2. The Kier molecular flexibility index (Phi) is 4.83. The van der Waals surface area contributed by atoms with E-state index in [1.807, 2.05) is 0 Å². The molecule has 122 valence electrons. The molecule has 1 N–H and O–H groups in total. The summed E-state index contributed by atoms with van der Waals surface area (Å²) >= 11 is 0. The molecule has 1 aromatic carbocycles. The van der Waals surface area contributed by atoms with Gasteiger partial charge in [-0.05, 0) is 12.0 Å². The molecule has 0 saturated heterocycles. The molecule has 1 heterocycles. The van der Waals surface area contributed by atoms with Crippen LogP contribution in [0.1, 0.15) is 30.8 Å². The maximum Gasteiger partial charge on any atom is 0.471 e. The normalized spacial score (nSPS) is 12.7. The van der Waals surface area contributed by atoms with Gasteiger partial charge in [-0.2, -0.15) is 18.2 Å². The van der Waals surface area contributed by atoms with E-state index in [9.17, 15) is 18.0 Å². The first-order chi connectivity index (χ1) is 10.8. The van der Waals surface area contributed by atoms with E-state index in [1.165, 1.54) is 6.92 Å². The lowest BCUT2D eigenvalue weighted by Gasteiger charge is -2.16. The second-order valence-electron chi connectivity index (χ2n) is 4.82. The maximum absolute atomic E-state index is 12.4. The fraction of sp³-hybridized carbons (Fsp3) is 0.267. The Hall–Kier alpha value is -2.64. The van der Waals surface area contributed by atoms with E-state index in [0.717, 1.165) is 5.56 Å². The van der Waals surface area contributed by atoms with Gasteiger partial charge in [0.2, 0.25) is 11.7 Å². The summed E-state index contributed by atoms with van der Waals surface area (Å²) in [6.45, 7) is 5.04. The van der Waals surface area contributed by atoms with Crippen LogP contribution in [0.15, 0.2) is 41.4 Å². The van der Waals surface area contributed by atoms with Gasteiger partial charge >= 0.3 is 12.1 Å². The monoisotopic (exact) mass is 325 g/mol. The van der Waals surface area contributed by atoms with Crippen molar-refractivity contribution in [3.05, 3.63) is 48.4 Å². The number of halogens is 3. The Labute approximate surface area is 130 Å². The van der Waals surface area contributed by atoms with Crippen LogP contribution in [0, 0.1) is 0 Å². The zero-order valence-electron chi connectivity index (χ0n) is 12.2. The number of carbonyl (C=O) groups is 1. The molecular weight excluding hydrogens is 311 g/mol. The molecule has 0 fully saturated rings. The molecule has 0 aliphatic carbocycles. The zero-order valence-corrected chi connectivity index (χ0v) is 12.2. The Morgan fingerprint density at radius 1 is 1.39 bits per heavy atom. The Bertz CT molecular complexity index is 693. The predicted molar refractivity (Wildman–Crippen MR) is 76.1 cm³/mol. The summed E-state index contributed by atoms with van der Waals surface area (Å²) in [4.78, 5) is 14.5. The van der Waals surface area contributed by atoms with Crippen LogP contribution in [0.2, 0.25) is 0 Å². The Morgan fingerprint density at radius 2 is 2.04 bits per heavy atom. The van der Waals surface area contributed by atoms with E-state index in [1.54, 1.807) is 30.3 Å². The molecule has 0 radical (unpaired) electrons. The summed E-state index contributed by atoms with van der Waals surface area (Å²) in [5.41, 5.74) is 1.18. The third kappa shape index (κ3) is 4.18. The van der Waals surface area contributed by atoms with Crippen molar-refractivity contribution in [1.29, 1.82) is 0 Å². The van der Waals surface area contributed by atoms with Crippen molar-refractivity contribution in [3.63, 3.8) is 0 Å². The van der Waals surface area contributed by atoms with Gasteiger partial charge in [-0.25, -0.2) is 0 Å². The van der Waals surface area contributed by atoms with Crippen LogP contribution < -0.4 is 5.32 Å². The van der Waals surface area contributed by atoms with Crippen molar-refractivity contribution in [1.82, 2.24) is 15.5 Å². The molecule has 1 atom stereocenters. The highest BCUT2D eigenvalue weighted by Crippen LogP contribution is 2.29. The predicted octanol–water partition coefficient (Wildman–Crippen LogP) is 3.51. The molecular formula is C15H14F3N3O2. The molecule has 5 nitrogen and oxygen atoms in total. The van der Waals surface area contributed by atoms with Crippen LogP contribution in [0.3, 0.4) is 0 Å². The first kappa shape index (κ1) is 16.7. The number of nitrogens with zero attached hydrogens (tertiary/aromatic N) is 2. The van der Waals surface area contributed by atoms with Crippen LogP contribution in [0.4, 0.5) is 13.2 Å². The van der Waals surface area contributed by atoms with Crippen LogP contribution in [-0.2, 0) is 11.0 Å². The lowest BCUT2D eigenvalue weighted by Crippen LogP contribution is -2.25. The number of nitrogens with one attached hydrogen (secondary N) is 1. The van der Waals surface area contributed by atoms with Crippen molar-refractivity contribution in [2.75, 3.05) is 0 Å². The van der Waals surface area contributed by atoms with Crippen molar-refractivity contribution in [2.45, 2.75) is 25.6 Å². The Morgan fingerprint density at radius 3 is 2.52 bits per heavy atom. The lowest BCUT2D eigenvalue weighted by molar-refractivity contribution is -0.159. The number of hydrogen-bond acceptors (Lipinski definition) is 4. The quantitative estimate of drug-likeness (QED) is 0.854. The highest BCUT2D eigenvalue weighted by atomic mass is 19.4. The molecule has 8 heteroatoms. The van der Waals surface area contributed by atoms with E-state index in [0.29, 0.717) is 12.0 Å². The van der Waals surface area contributed by atoms with Crippen LogP contribution in [0.5, 0.6) is 0 Å². The van der Waals surface area contributed by atoms with Gasteiger partial charge in [0.1, 0.15) is 0 Å². The second kappa shape index (κ2) is 6.64. The fourth-order valence-electron chi connectivity index (χ4n) is 2.01. The second-order valence-corrected chi connectivity index (χ2v) is 4.82. The maximum atomic E-state index is 12.4. The van der Waals surface area contributed by atoms with Gasteiger partial charge in [-0.1, -0.05) is 35.5 Å². The summed E-state index contributed by atoms with van der Waals surface area (Å²) in [6.07, 6.45) is -2.48. The van der Waals surface area contributed by atoms with Gasteiger partial charge in [-0.15, -0.1) is 6.58 Å². The largest absolute Gasteiger partial charge is 0.471 e. The number of amides is 1. The average Bonchev–Trinajstić information content (AvgIpc) is 2.96. The van der Waals surface area contributed by atoms with E-state index >= 15 is 0 Å². The minimum Gasteiger partial charge on any atom is -0.349 e. The molecule has 0 bridgehead atoms. The number of hydrogen-bond donors (Lipinski definition) is 1. The minimum atomic E-state index is -4.67. The first-order valence-electron chi connectivity index (χ1n) is 6.70. The number of carbonyl (C=O) groups excluding carboxylic acids is 1. The summed E-state index contributed by atoms with van der Waals surface area (Å²) < 4.78 is 41.5. The van der Waals surface area contributed by atoms with Gasteiger partial charge in [0.15, 0.2) is 0 Å². The Balaban J connectivity index is 2.22. The van der Waals surface area contributed by atoms with E-state index in [2.05, 4.69) is 26.6 Å². The molecule has 2 rings (SSSR count). The highest BCUT2D eigenvalue weighted by molar-refractivity contribution is 5.73. The molecule has 0 spiro atoms. The molecule has 23 heavy (non-hydrogen) atoms. The summed E-state index contributed by atoms with van der Waals surface area (Å²) in [5, 5.41) is 6.09. The van der Waals surface area contributed by atoms with Gasteiger partial charge in [-0.3, -0.25) is 4.79 Å². The standard InChI is InChI=1S/C15H14F3N3O2/c1-3-4-12(19-9(2)22)10-5-7-11(8-6-10)13-20-14(23-21-13)15(16,17)18/h3,5-8,12H,1,4H2,2H3,(H,19,22). The molecule has 1 aromatic heterocycles. The van der Waals surface area contributed by atoms with Gasteiger partial charge < -0.3 is 9.84 Å². The van der Waals surface area contributed by atoms with E-state index in [-0.39, 0.29) is 17.8 Å². The zero-order chi connectivity index (χ0) is 17.0. The van der Waals surface area contributed by atoms with Crippen LogP contribution in [0.25, 0.3) is 11.4 Å². The van der Waals surface area contributed by atoms with Gasteiger partial charge in [0.05, 0.1) is 6.04 Å². The van der Waals surface area contributed by atoms with Crippen molar-refractivity contribution in [2.24, 2.45) is 0 Å². The molecule has 2 aromatic rings. The molecule has 0 aliphatic rings. The number of benzene rings is 1. The summed E-state index contributed by atoms with van der Waals surface area (Å²) in [5.74, 6) is -1.73. The SMILES string of the molecule is C=CCC(NC(C)=O)c1ccc(-c2noc(C(F)(F)F)n2)cc1. The number of alkyl halides is 3. The van der Waals surface area contributed by atoms with E-state index in [4.69, 9.17) is 0 Å². The van der Waals surface area contributed by atoms with Crippen LogP contribution >= 0.6 is 0 Å². The lowest BCUT2D eigenvalue weighted by atomic mass is 10.0. The highest BCUT2D eigenvalue weighted by Gasteiger charge is 2.38. The third-order valence-electron chi connectivity index (χ3n) is 3.02. The van der Waals surface area contributed by atoms with Gasteiger partial charge in [0.25, 0.3) is 0 Å². The van der Waals surface area contributed by atoms with Crippen molar-refractivity contribution in [3.8, 4) is 11.4 Å². The topological polar surface area (TPSA) is 68.0 Å². The summed E-state index contributed by atoms with van der Waals surface area (Å²) in [7, 11) is 0. The summed E-state index contributed by atoms with van der Waals surface area (Å²) in [6, 6.07) is 6.25. The third-order valence-corrected chi connectivity index (χ3v) is 3.02. The minimum absolute atomic E-state index is 0.149.